The van der Waals surface area contributed by atoms with Gasteiger partial charge in [0.1, 0.15) is 5.69 Å². The number of rotatable bonds is 3. The Kier molecular flexibility index (Phi) is 4.46. The maximum Gasteiger partial charge on any atom is 0.354 e. The zero-order chi connectivity index (χ0) is 17.1. The van der Waals surface area contributed by atoms with Crippen LogP contribution in [-0.4, -0.2) is 53.0 Å². The van der Waals surface area contributed by atoms with E-state index < -0.39 is 5.97 Å². The minimum absolute atomic E-state index is 0.0342. The lowest BCUT2D eigenvalue weighted by molar-refractivity contribution is 0.0688. The number of piperazine rings is 1. The maximum absolute atomic E-state index is 12.5. The van der Waals surface area contributed by atoms with Gasteiger partial charge in [0.15, 0.2) is 0 Å². The van der Waals surface area contributed by atoms with Crippen molar-refractivity contribution in [3.8, 4) is 0 Å². The number of carboxylic acids is 1. The van der Waals surface area contributed by atoms with Crippen LogP contribution in [0.15, 0.2) is 42.6 Å². The van der Waals surface area contributed by atoms with Crippen LogP contribution in [-0.2, 0) is 0 Å². The van der Waals surface area contributed by atoms with E-state index in [4.69, 9.17) is 5.11 Å². The maximum atomic E-state index is 12.5. The van der Waals surface area contributed by atoms with E-state index in [-0.39, 0.29) is 11.6 Å². The van der Waals surface area contributed by atoms with Crippen molar-refractivity contribution >= 4 is 17.6 Å². The molecule has 1 fully saturated rings. The van der Waals surface area contributed by atoms with Gasteiger partial charge in [-0.3, -0.25) is 4.79 Å². The molecule has 3 rings (SSSR count). The van der Waals surface area contributed by atoms with Gasteiger partial charge in [-0.15, -0.1) is 0 Å². The Labute approximate surface area is 140 Å². The summed E-state index contributed by atoms with van der Waals surface area (Å²) in [5, 5.41) is 8.89. The second kappa shape index (κ2) is 6.70. The number of anilines is 1. The van der Waals surface area contributed by atoms with Crippen molar-refractivity contribution in [3.63, 3.8) is 0 Å². The Morgan fingerprint density at radius 3 is 2.21 bits per heavy atom. The monoisotopic (exact) mass is 325 g/mol. The van der Waals surface area contributed by atoms with Gasteiger partial charge in [0, 0.05) is 31.7 Å². The molecule has 1 aromatic heterocycles. The third-order valence-corrected chi connectivity index (χ3v) is 4.20. The number of nitrogens with zero attached hydrogens (tertiary/aromatic N) is 3. The number of hydrogen-bond donors (Lipinski definition) is 1. The highest BCUT2D eigenvalue weighted by molar-refractivity contribution is 5.94. The number of hydrogen-bond acceptors (Lipinski definition) is 4. The molecule has 6 heteroatoms. The molecule has 1 N–H and O–H groups in total. The van der Waals surface area contributed by atoms with Crippen molar-refractivity contribution in [3.05, 3.63) is 59.4 Å². The minimum atomic E-state index is -1.03. The average molecular weight is 325 g/mol. The lowest BCUT2D eigenvalue weighted by Gasteiger charge is -2.36. The fourth-order valence-electron chi connectivity index (χ4n) is 2.75. The van der Waals surface area contributed by atoms with Gasteiger partial charge in [0.05, 0.1) is 11.9 Å². The van der Waals surface area contributed by atoms with E-state index in [0.29, 0.717) is 31.7 Å². The van der Waals surface area contributed by atoms with Crippen LogP contribution in [0.5, 0.6) is 0 Å². The first kappa shape index (κ1) is 16.0. The van der Waals surface area contributed by atoms with Crippen LogP contribution in [0.1, 0.15) is 26.4 Å². The van der Waals surface area contributed by atoms with Gasteiger partial charge >= 0.3 is 5.97 Å². The molecule has 0 unspecified atom stereocenters. The number of carbonyl (C=O) groups is 2. The van der Waals surface area contributed by atoms with E-state index in [9.17, 15) is 9.59 Å². The van der Waals surface area contributed by atoms with Gasteiger partial charge in [-0.2, -0.15) is 0 Å². The highest BCUT2D eigenvalue weighted by atomic mass is 16.4. The normalized spacial score (nSPS) is 14.5. The third-order valence-electron chi connectivity index (χ3n) is 4.20. The number of pyridine rings is 1. The molecule has 0 bridgehead atoms. The van der Waals surface area contributed by atoms with Gasteiger partial charge in [0.25, 0.3) is 5.91 Å². The van der Waals surface area contributed by atoms with Crippen molar-refractivity contribution < 1.29 is 14.7 Å². The number of aromatic carboxylic acids is 1. The zero-order valence-electron chi connectivity index (χ0n) is 13.5. The van der Waals surface area contributed by atoms with E-state index in [0.717, 1.165) is 11.3 Å². The Bertz CT molecular complexity index is 733. The third kappa shape index (κ3) is 3.37. The zero-order valence-corrected chi connectivity index (χ0v) is 13.5. The smallest absolute Gasteiger partial charge is 0.354 e. The minimum Gasteiger partial charge on any atom is -0.477 e. The molecule has 1 amide bonds. The van der Waals surface area contributed by atoms with Gasteiger partial charge < -0.3 is 14.9 Å². The predicted octanol–water partition coefficient (Wildman–Crippen LogP) is 2.05. The predicted molar refractivity (Wildman–Crippen MR) is 90.5 cm³/mol. The standard InChI is InChI=1S/C18H19N3O3/c1-13-2-4-14(5-3-13)17(22)21-10-8-20(9-11-21)15-6-7-16(18(23)24)19-12-15/h2-7,12H,8-11H2,1H3,(H,23,24). The molecule has 1 saturated heterocycles. The molecule has 1 aliphatic heterocycles. The molecule has 0 atom stereocenters. The number of amides is 1. The Morgan fingerprint density at radius 1 is 1.00 bits per heavy atom. The molecular weight excluding hydrogens is 306 g/mol. The van der Waals surface area contributed by atoms with E-state index in [1.54, 1.807) is 12.3 Å². The fraction of sp³-hybridized carbons (Fsp3) is 0.278. The summed E-state index contributed by atoms with van der Waals surface area (Å²) in [5.74, 6) is -0.982. The van der Waals surface area contributed by atoms with Crippen LogP contribution in [0.25, 0.3) is 0 Å². The Hall–Kier alpha value is -2.89. The molecule has 0 radical (unpaired) electrons. The highest BCUT2D eigenvalue weighted by Crippen LogP contribution is 2.17. The molecular formula is C18H19N3O3. The summed E-state index contributed by atoms with van der Waals surface area (Å²) in [6.07, 6.45) is 1.57. The van der Waals surface area contributed by atoms with Crippen LogP contribution in [0, 0.1) is 6.92 Å². The van der Waals surface area contributed by atoms with Gasteiger partial charge in [-0.25, -0.2) is 9.78 Å². The first-order chi connectivity index (χ1) is 11.5. The second-order valence-electron chi connectivity index (χ2n) is 5.85. The van der Waals surface area contributed by atoms with Gasteiger partial charge in [-0.05, 0) is 31.2 Å². The molecule has 0 spiro atoms. The summed E-state index contributed by atoms with van der Waals surface area (Å²) < 4.78 is 0. The summed E-state index contributed by atoms with van der Waals surface area (Å²) in [6, 6.07) is 10.9. The molecule has 1 aromatic carbocycles. The topological polar surface area (TPSA) is 73.7 Å². The second-order valence-corrected chi connectivity index (χ2v) is 5.85. The van der Waals surface area contributed by atoms with Crippen molar-refractivity contribution in [1.29, 1.82) is 0 Å². The van der Waals surface area contributed by atoms with E-state index in [2.05, 4.69) is 9.88 Å². The number of carboxylic acid groups (broad SMARTS) is 1. The SMILES string of the molecule is Cc1ccc(C(=O)N2CCN(c3ccc(C(=O)O)nc3)CC2)cc1. The number of benzene rings is 1. The average Bonchev–Trinajstić information content (AvgIpc) is 2.62. The van der Waals surface area contributed by atoms with Gasteiger partial charge in [0.2, 0.25) is 0 Å². The van der Waals surface area contributed by atoms with Crippen LogP contribution in [0.2, 0.25) is 0 Å². The lowest BCUT2D eigenvalue weighted by Crippen LogP contribution is -2.48. The van der Waals surface area contributed by atoms with Gasteiger partial charge in [-0.1, -0.05) is 17.7 Å². The number of aryl methyl sites for hydroxylation is 1. The lowest BCUT2D eigenvalue weighted by atomic mass is 10.1. The Balaban J connectivity index is 1.62. The molecule has 2 aromatic rings. The first-order valence-electron chi connectivity index (χ1n) is 7.85. The van der Waals surface area contributed by atoms with Crippen LogP contribution in [0.3, 0.4) is 0 Å². The summed E-state index contributed by atoms with van der Waals surface area (Å²) in [4.78, 5) is 31.2. The van der Waals surface area contributed by atoms with Crippen molar-refractivity contribution in [2.45, 2.75) is 6.92 Å². The van der Waals surface area contributed by atoms with Crippen LogP contribution >= 0.6 is 0 Å². The molecule has 0 saturated carbocycles. The fourth-order valence-corrected chi connectivity index (χ4v) is 2.75. The van der Waals surface area contributed by atoms with Crippen molar-refractivity contribution in [2.24, 2.45) is 0 Å². The van der Waals surface area contributed by atoms with E-state index in [1.807, 2.05) is 36.1 Å². The summed E-state index contributed by atoms with van der Waals surface area (Å²) in [6.45, 7) is 4.66. The molecule has 0 aliphatic carbocycles. The highest BCUT2D eigenvalue weighted by Gasteiger charge is 2.22. The summed E-state index contributed by atoms with van der Waals surface area (Å²) >= 11 is 0. The van der Waals surface area contributed by atoms with Crippen LogP contribution in [0.4, 0.5) is 5.69 Å². The number of carbonyl (C=O) groups excluding carboxylic acids is 1. The van der Waals surface area contributed by atoms with Crippen molar-refractivity contribution in [2.75, 3.05) is 31.1 Å². The van der Waals surface area contributed by atoms with E-state index >= 15 is 0 Å². The summed E-state index contributed by atoms with van der Waals surface area (Å²) in [7, 11) is 0. The molecule has 124 valence electrons. The molecule has 6 nitrogen and oxygen atoms in total. The first-order valence-corrected chi connectivity index (χ1v) is 7.85. The largest absolute Gasteiger partial charge is 0.477 e. The van der Waals surface area contributed by atoms with Crippen LogP contribution < -0.4 is 4.90 Å². The molecule has 1 aliphatic rings. The molecule has 24 heavy (non-hydrogen) atoms. The Morgan fingerprint density at radius 2 is 1.67 bits per heavy atom. The molecule has 2 heterocycles. The van der Waals surface area contributed by atoms with E-state index in [1.165, 1.54) is 6.07 Å². The quantitative estimate of drug-likeness (QED) is 0.935. The number of aromatic nitrogens is 1. The van der Waals surface area contributed by atoms with Crippen molar-refractivity contribution in [1.82, 2.24) is 9.88 Å². The summed E-state index contributed by atoms with van der Waals surface area (Å²) in [5.41, 5.74) is 2.75.